The Morgan fingerprint density at radius 2 is 1.93 bits per heavy atom. The van der Waals surface area contributed by atoms with E-state index in [1.54, 1.807) is 29.6 Å². The molecule has 0 unspecified atom stereocenters. The maximum atomic E-state index is 12.9. The molecular weight excluding hydrogens is 344 g/mol. The standard InChI is InChI=1S/C20H30N4O3/c1-15-5-4-6-18(25)23(15)10-9-19(26)24-12-16-7-8-17(24)13-22(11-16)14-20(27)21(2)3/h4-6,16-17H,7-14H2,1-3H3/t16-,17+/m1/s1. The summed E-state index contributed by atoms with van der Waals surface area (Å²) in [6.07, 6.45) is 2.44. The van der Waals surface area contributed by atoms with Crippen LogP contribution >= 0.6 is 0 Å². The first kappa shape index (κ1) is 19.6. The van der Waals surface area contributed by atoms with E-state index in [1.165, 1.54) is 6.07 Å². The van der Waals surface area contributed by atoms with Crippen molar-refractivity contribution in [3.63, 3.8) is 0 Å². The minimum absolute atomic E-state index is 0.0615. The fourth-order valence-corrected chi connectivity index (χ4v) is 4.21. The third kappa shape index (κ3) is 4.58. The number of hydrogen-bond acceptors (Lipinski definition) is 4. The first-order valence-corrected chi connectivity index (χ1v) is 9.73. The summed E-state index contributed by atoms with van der Waals surface area (Å²) in [6.45, 7) is 5.11. The van der Waals surface area contributed by atoms with Crippen LogP contribution in [-0.2, 0) is 16.1 Å². The molecule has 2 atom stereocenters. The third-order valence-corrected chi connectivity index (χ3v) is 5.78. The van der Waals surface area contributed by atoms with E-state index in [-0.39, 0.29) is 23.4 Å². The number of piperidine rings is 1. The summed E-state index contributed by atoms with van der Waals surface area (Å²) in [4.78, 5) is 42.8. The number of aryl methyl sites for hydroxylation is 1. The summed E-state index contributed by atoms with van der Waals surface area (Å²) < 4.78 is 1.66. The van der Waals surface area contributed by atoms with E-state index in [0.717, 1.165) is 38.2 Å². The second-order valence-corrected chi connectivity index (χ2v) is 8.03. The van der Waals surface area contributed by atoms with Crippen LogP contribution in [0.4, 0.5) is 0 Å². The van der Waals surface area contributed by atoms with Crippen molar-refractivity contribution in [3.05, 3.63) is 34.2 Å². The number of carbonyl (C=O) groups excluding carboxylic acids is 2. The van der Waals surface area contributed by atoms with Crippen LogP contribution in [0.3, 0.4) is 0 Å². The number of pyridine rings is 1. The minimum atomic E-state index is -0.0615. The lowest BCUT2D eigenvalue weighted by atomic mass is 9.94. The van der Waals surface area contributed by atoms with Crippen molar-refractivity contribution >= 4 is 11.8 Å². The lowest BCUT2D eigenvalue weighted by Gasteiger charge is -2.36. The maximum Gasteiger partial charge on any atom is 0.250 e. The number of likely N-dealkylation sites (N-methyl/N-ethyl adjacent to an activating group) is 1. The van der Waals surface area contributed by atoms with Crippen molar-refractivity contribution in [2.24, 2.45) is 5.92 Å². The number of nitrogens with zero attached hydrogens (tertiary/aromatic N) is 4. The predicted octanol–water partition coefficient (Wildman–Crippen LogP) is 0.558. The zero-order valence-corrected chi connectivity index (χ0v) is 16.6. The Morgan fingerprint density at radius 3 is 2.63 bits per heavy atom. The number of carbonyl (C=O) groups is 2. The predicted molar refractivity (Wildman–Crippen MR) is 103 cm³/mol. The summed E-state index contributed by atoms with van der Waals surface area (Å²) in [7, 11) is 3.55. The van der Waals surface area contributed by atoms with Gasteiger partial charge in [-0.05, 0) is 31.7 Å². The number of amides is 2. The molecule has 27 heavy (non-hydrogen) atoms. The van der Waals surface area contributed by atoms with Crippen LogP contribution < -0.4 is 5.56 Å². The van der Waals surface area contributed by atoms with Gasteiger partial charge < -0.3 is 14.4 Å². The van der Waals surface area contributed by atoms with E-state index in [4.69, 9.17) is 0 Å². The molecule has 2 amide bonds. The monoisotopic (exact) mass is 374 g/mol. The smallest absolute Gasteiger partial charge is 0.250 e. The second kappa shape index (κ2) is 8.25. The zero-order valence-electron chi connectivity index (χ0n) is 16.6. The van der Waals surface area contributed by atoms with Crippen molar-refractivity contribution in [2.45, 2.75) is 38.8 Å². The molecular formula is C20H30N4O3. The van der Waals surface area contributed by atoms with E-state index < -0.39 is 0 Å². The third-order valence-electron chi connectivity index (χ3n) is 5.78. The van der Waals surface area contributed by atoms with Gasteiger partial charge in [0.25, 0.3) is 5.56 Å². The van der Waals surface area contributed by atoms with Crippen molar-refractivity contribution in [3.8, 4) is 0 Å². The number of fused-ring (bicyclic) bond motifs is 4. The lowest BCUT2D eigenvalue weighted by Crippen LogP contribution is -2.48. The van der Waals surface area contributed by atoms with Gasteiger partial charge in [-0.25, -0.2) is 0 Å². The summed E-state index contributed by atoms with van der Waals surface area (Å²) >= 11 is 0. The van der Waals surface area contributed by atoms with Gasteiger partial charge in [0.1, 0.15) is 0 Å². The molecule has 3 aliphatic heterocycles. The molecule has 0 aromatic carbocycles. The molecule has 1 aromatic heterocycles. The fourth-order valence-electron chi connectivity index (χ4n) is 4.21. The normalized spacial score (nSPS) is 22.6. The van der Waals surface area contributed by atoms with Crippen molar-refractivity contribution in [1.82, 2.24) is 19.3 Å². The molecule has 7 heteroatoms. The lowest BCUT2D eigenvalue weighted by molar-refractivity contribution is -0.135. The van der Waals surface area contributed by atoms with Crippen molar-refractivity contribution in [1.29, 1.82) is 0 Å². The van der Waals surface area contributed by atoms with Gasteiger partial charge in [0.2, 0.25) is 11.8 Å². The Labute approximate surface area is 160 Å². The summed E-state index contributed by atoms with van der Waals surface area (Å²) in [5, 5.41) is 0. The summed E-state index contributed by atoms with van der Waals surface area (Å²) in [5.74, 6) is 0.637. The molecule has 0 spiro atoms. The SMILES string of the molecule is Cc1cccc(=O)n1CCC(=O)N1C[C@@H]2CC[C@H]1CN(CC(=O)N(C)C)C2. The van der Waals surface area contributed by atoms with Crippen LogP contribution in [0.25, 0.3) is 0 Å². The molecule has 0 N–H and O–H groups in total. The fraction of sp³-hybridized carbons (Fsp3) is 0.650. The van der Waals surface area contributed by atoms with Gasteiger partial charge in [0.05, 0.1) is 6.54 Å². The van der Waals surface area contributed by atoms with Crippen molar-refractivity contribution in [2.75, 3.05) is 40.3 Å². The highest BCUT2D eigenvalue weighted by Crippen LogP contribution is 2.28. The van der Waals surface area contributed by atoms with Gasteiger partial charge in [-0.1, -0.05) is 6.07 Å². The van der Waals surface area contributed by atoms with Gasteiger partial charge in [-0.3, -0.25) is 19.3 Å². The number of aromatic nitrogens is 1. The molecule has 0 aliphatic carbocycles. The van der Waals surface area contributed by atoms with Gasteiger partial charge in [-0.15, -0.1) is 0 Å². The highest BCUT2D eigenvalue weighted by Gasteiger charge is 2.37. The minimum Gasteiger partial charge on any atom is -0.348 e. The average Bonchev–Trinajstić information content (AvgIpc) is 2.91. The highest BCUT2D eigenvalue weighted by atomic mass is 16.2. The second-order valence-electron chi connectivity index (χ2n) is 8.03. The summed E-state index contributed by atoms with van der Waals surface area (Å²) in [5.41, 5.74) is 0.814. The van der Waals surface area contributed by atoms with Crippen molar-refractivity contribution < 1.29 is 9.59 Å². The Balaban J connectivity index is 1.63. The Kier molecular flexibility index (Phi) is 5.99. The van der Waals surface area contributed by atoms with Gasteiger partial charge in [0, 0.05) is 64.5 Å². The molecule has 3 fully saturated rings. The van der Waals surface area contributed by atoms with Crippen LogP contribution in [0.5, 0.6) is 0 Å². The van der Waals surface area contributed by atoms with Gasteiger partial charge >= 0.3 is 0 Å². The maximum absolute atomic E-state index is 12.9. The van der Waals surface area contributed by atoms with Gasteiger partial charge in [-0.2, -0.15) is 0 Å². The number of hydrogen-bond donors (Lipinski definition) is 0. The van der Waals surface area contributed by atoms with Crippen LogP contribution in [-0.4, -0.2) is 77.4 Å². The van der Waals surface area contributed by atoms with E-state index in [9.17, 15) is 14.4 Å². The Bertz CT molecular complexity index is 758. The molecule has 3 aliphatic rings. The van der Waals surface area contributed by atoms with E-state index >= 15 is 0 Å². The average molecular weight is 374 g/mol. The molecule has 0 saturated carbocycles. The molecule has 1 aromatic rings. The highest BCUT2D eigenvalue weighted by molar-refractivity contribution is 5.78. The molecule has 4 rings (SSSR count). The number of rotatable bonds is 5. The van der Waals surface area contributed by atoms with E-state index in [1.807, 2.05) is 17.9 Å². The first-order valence-electron chi connectivity index (χ1n) is 9.73. The first-order chi connectivity index (χ1) is 12.8. The molecule has 4 heterocycles. The van der Waals surface area contributed by atoms with Gasteiger partial charge in [0.15, 0.2) is 0 Å². The molecule has 2 bridgehead atoms. The Morgan fingerprint density at radius 1 is 1.15 bits per heavy atom. The molecule has 3 saturated heterocycles. The van der Waals surface area contributed by atoms with E-state index in [2.05, 4.69) is 4.90 Å². The topological polar surface area (TPSA) is 65.9 Å². The molecule has 7 nitrogen and oxygen atoms in total. The zero-order chi connectivity index (χ0) is 19.6. The quantitative estimate of drug-likeness (QED) is 0.755. The Hall–Kier alpha value is -2.15. The summed E-state index contributed by atoms with van der Waals surface area (Å²) in [6, 6.07) is 5.33. The molecule has 0 radical (unpaired) electrons. The van der Waals surface area contributed by atoms with E-state index in [0.29, 0.717) is 25.4 Å². The van der Waals surface area contributed by atoms with Crippen LogP contribution in [0, 0.1) is 12.8 Å². The molecule has 148 valence electrons. The largest absolute Gasteiger partial charge is 0.348 e. The van der Waals surface area contributed by atoms with Crippen LogP contribution in [0.2, 0.25) is 0 Å². The van der Waals surface area contributed by atoms with Crippen LogP contribution in [0.15, 0.2) is 23.0 Å². The van der Waals surface area contributed by atoms with Crippen LogP contribution in [0.1, 0.15) is 25.0 Å².